The first-order valence-corrected chi connectivity index (χ1v) is 6.37. The van der Waals surface area contributed by atoms with Crippen molar-refractivity contribution in [2.24, 2.45) is 0 Å². The van der Waals surface area contributed by atoms with Gasteiger partial charge < -0.3 is 4.74 Å². The number of benzene rings is 1. The Balaban J connectivity index is 1.69. The molecule has 0 N–H and O–H groups in total. The first-order chi connectivity index (χ1) is 8.04. The molecule has 0 spiro atoms. The molecule has 0 bridgehead atoms. The molecule has 2 heterocycles. The summed E-state index contributed by atoms with van der Waals surface area (Å²) in [5.74, 6) is 0.956. The Bertz CT molecular complexity index is 397. The number of hydrogen-bond donors (Lipinski definition) is 0. The SMILES string of the molecule is CC(C)(C)Oc1ccc(C2N3CCCN23)cc1. The van der Waals surface area contributed by atoms with Crippen LogP contribution in [0.4, 0.5) is 0 Å². The van der Waals surface area contributed by atoms with E-state index in [4.69, 9.17) is 4.74 Å². The lowest BCUT2D eigenvalue weighted by Gasteiger charge is -2.21. The van der Waals surface area contributed by atoms with Gasteiger partial charge in [0, 0.05) is 13.1 Å². The highest BCUT2D eigenvalue weighted by Gasteiger charge is 2.48. The third kappa shape index (κ3) is 2.17. The second kappa shape index (κ2) is 3.72. The summed E-state index contributed by atoms with van der Waals surface area (Å²) >= 11 is 0. The summed E-state index contributed by atoms with van der Waals surface area (Å²) < 4.78 is 5.82. The van der Waals surface area contributed by atoms with Crippen LogP contribution in [0.25, 0.3) is 0 Å². The Kier molecular flexibility index (Phi) is 2.42. The van der Waals surface area contributed by atoms with Crippen molar-refractivity contribution in [1.82, 2.24) is 10.0 Å². The number of nitrogens with zero attached hydrogens (tertiary/aromatic N) is 2. The third-order valence-electron chi connectivity index (χ3n) is 3.22. The van der Waals surface area contributed by atoms with Gasteiger partial charge >= 0.3 is 0 Å². The smallest absolute Gasteiger partial charge is 0.120 e. The van der Waals surface area contributed by atoms with Crippen LogP contribution in [0.2, 0.25) is 0 Å². The predicted octanol–water partition coefficient (Wildman–Crippen LogP) is 2.80. The topological polar surface area (TPSA) is 15.2 Å². The molecule has 2 aliphatic heterocycles. The molecule has 3 rings (SSSR count). The first-order valence-electron chi connectivity index (χ1n) is 6.37. The molecule has 2 aliphatic rings. The maximum Gasteiger partial charge on any atom is 0.120 e. The van der Waals surface area contributed by atoms with Gasteiger partial charge in [-0.25, -0.2) is 10.0 Å². The Labute approximate surface area is 103 Å². The van der Waals surface area contributed by atoms with E-state index in [1.807, 2.05) is 0 Å². The van der Waals surface area contributed by atoms with Crippen LogP contribution in [-0.2, 0) is 0 Å². The van der Waals surface area contributed by atoms with Crippen LogP contribution in [0.15, 0.2) is 24.3 Å². The summed E-state index contributed by atoms with van der Waals surface area (Å²) in [6.45, 7) is 8.65. The Morgan fingerprint density at radius 2 is 1.65 bits per heavy atom. The van der Waals surface area contributed by atoms with Crippen molar-refractivity contribution in [1.29, 1.82) is 0 Å². The van der Waals surface area contributed by atoms with E-state index in [9.17, 15) is 0 Å². The van der Waals surface area contributed by atoms with Crippen LogP contribution in [0, 0.1) is 0 Å². The van der Waals surface area contributed by atoms with E-state index in [0.717, 1.165) is 5.75 Å². The molecular weight excluding hydrogens is 212 g/mol. The highest BCUT2D eigenvalue weighted by Crippen LogP contribution is 2.45. The monoisotopic (exact) mass is 232 g/mol. The minimum Gasteiger partial charge on any atom is -0.488 e. The quantitative estimate of drug-likeness (QED) is 0.729. The van der Waals surface area contributed by atoms with E-state index in [2.05, 4.69) is 55.1 Å². The van der Waals surface area contributed by atoms with E-state index in [-0.39, 0.29) is 5.60 Å². The number of hydrogen-bond acceptors (Lipinski definition) is 3. The van der Waals surface area contributed by atoms with Gasteiger partial charge in [0.05, 0.1) is 0 Å². The molecule has 0 amide bonds. The van der Waals surface area contributed by atoms with Crippen LogP contribution in [0.1, 0.15) is 38.9 Å². The lowest BCUT2D eigenvalue weighted by molar-refractivity contribution is 0.131. The normalized spacial score (nSPS) is 31.1. The molecular formula is C14H20N2O. The molecule has 0 aliphatic carbocycles. The van der Waals surface area contributed by atoms with Crippen molar-refractivity contribution >= 4 is 0 Å². The Morgan fingerprint density at radius 3 is 2.18 bits per heavy atom. The summed E-state index contributed by atoms with van der Waals surface area (Å²) in [6, 6.07) is 8.53. The average molecular weight is 232 g/mol. The molecule has 1 aromatic rings. The second-order valence-corrected chi connectivity index (χ2v) is 5.84. The van der Waals surface area contributed by atoms with Gasteiger partial charge in [0.1, 0.15) is 17.5 Å². The maximum atomic E-state index is 5.82. The fourth-order valence-corrected chi connectivity index (χ4v) is 2.55. The number of ether oxygens (including phenoxy) is 1. The van der Waals surface area contributed by atoms with E-state index < -0.39 is 0 Å². The number of hydrazine groups is 1. The van der Waals surface area contributed by atoms with Crippen molar-refractivity contribution in [2.75, 3.05) is 13.1 Å². The van der Waals surface area contributed by atoms with Gasteiger partial charge in [-0.05, 0) is 44.9 Å². The zero-order chi connectivity index (χ0) is 12.0. The fraction of sp³-hybridized carbons (Fsp3) is 0.571. The highest BCUT2D eigenvalue weighted by atomic mass is 16.5. The van der Waals surface area contributed by atoms with Gasteiger partial charge in [-0.3, -0.25) is 0 Å². The molecule has 0 saturated carbocycles. The Hall–Kier alpha value is -1.06. The summed E-state index contributed by atoms with van der Waals surface area (Å²) in [5, 5.41) is 4.86. The van der Waals surface area contributed by atoms with Gasteiger partial charge in [0.25, 0.3) is 0 Å². The minimum atomic E-state index is -0.120. The summed E-state index contributed by atoms with van der Waals surface area (Å²) in [6.07, 6.45) is 1.84. The van der Waals surface area contributed by atoms with Crippen LogP contribution in [0.3, 0.4) is 0 Å². The molecule has 3 heteroatoms. The van der Waals surface area contributed by atoms with Gasteiger partial charge in [-0.1, -0.05) is 12.1 Å². The van der Waals surface area contributed by atoms with Crippen LogP contribution >= 0.6 is 0 Å². The molecule has 0 radical (unpaired) electrons. The third-order valence-corrected chi connectivity index (χ3v) is 3.22. The lowest BCUT2D eigenvalue weighted by atomic mass is 10.1. The molecule has 17 heavy (non-hydrogen) atoms. The summed E-state index contributed by atoms with van der Waals surface area (Å²) in [4.78, 5) is 0. The zero-order valence-electron chi connectivity index (χ0n) is 10.8. The van der Waals surface area contributed by atoms with Crippen molar-refractivity contribution in [3.63, 3.8) is 0 Å². The predicted molar refractivity (Wildman–Crippen MR) is 67.6 cm³/mol. The molecule has 2 fully saturated rings. The summed E-state index contributed by atoms with van der Waals surface area (Å²) in [5.41, 5.74) is 1.26. The Morgan fingerprint density at radius 1 is 1.06 bits per heavy atom. The molecule has 3 nitrogen and oxygen atoms in total. The van der Waals surface area contributed by atoms with Gasteiger partial charge in [-0.2, -0.15) is 0 Å². The van der Waals surface area contributed by atoms with Gasteiger partial charge in [0.2, 0.25) is 0 Å². The molecule has 92 valence electrons. The lowest BCUT2D eigenvalue weighted by Crippen LogP contribution is -2.22. The summed E-state index contributed by atoms with van der Waals surface area (Å²) in [7, 11) is 0. The highest BCUT2D eigenvalue weighted by molar-refractivity contribution is 5.31. The largest absolute Gasteiger partial charge is 0.488 e. The molecule has 2 saturated heterocycles. The van der Waals surface area contributed by atoms with E-state index in [1.54, 1.807) is 0 Å². The zero-order valence-corrected chi connectivity index (χ0v) is 10.8. The van der Waals surface area contributed by atoms with Gasteiger partial charge in [-0.15, -0.1) is 0 Å². The van der Waals surface area contributed by atoms with Crippen molar-refractivity contribution in [2.45, 2.75) is 39.0 Å². The maximum absolute atomic E-state index is 5.82. The second-order valence-electron chi connectivity index (χ2n) is 5.84. The van der Waals surface area contributed by atoms with Crippen molar-refractivity contribution in [3.8, 4) is 5.75 Å². The van der Waals surface area contributed by atoms with E-state index in [0.29, 0.717) is 6.17 Å². The number of rotatable bonds is 2. The van der Waals surface area contributed by atoms with E-state index >= 15 is 0 Å². The standard InChI is InChI=1S/C14H20N2O/c1-14(2,3)17-12-7-5-11(6-8-12)13-15-9-4-10-16(13)15/h5-8,13H,4,9-10H2,1-3H3. The molecule has 2 unspecified atom stereocenters. The average Bonchev–Trinajstić information content (AvgIpc) is 2.72. The molecule has 0 aromatic heterocycles. The first kappa shape index (κ1) is 11.1. The van der Waals surface area contributed by atoms with Crippen molar-refractivity contribution in [3.05, 3.63) is 29.8 Å². The van der Waals surface area contributed by atoms with Crippen molar-refractivity contribution < 1.29 is 4.74 Å². The minimum absolute atomic E-state index is 0.120. The molecule has 1 aromatic carbocycles. The van der Waals surface area contributed by atoms with Crippen LogP contribution < -0.4 is 4.74 Å². The molecule has 2 atom stereocenters. The number of fused-ring (bicyclic) bond motifs is 1. The fourth-order valence-electron chi connectivity index (χ4n) is 2.55. The van der Waals surface area contributed by atoms with Crippen LogP contribution in [-0.4, -0.2) is 28.7 Å². The van der Waals surface area contributed by atoms with Crippen LogP contribution in [0.5, 0.6) is 5.75 Å². The van der Waals surface area contributed by atoms with Gasteiger partial charge in [0.15, 0.2) is 0 Å². The van der Waals surface area contributed by atoms with E-state index in [1.165, 1.54) is 25.1 Å².